The first-order valence-electron chi connectivity index (χ1n) is 5.40. The molecule has 1 aromatic rings. The molecular formula is C11H15N3O4. The van der Waals surface area contributed by atoms with Gasteiger partial charge in [0.25, 0.3) is 0 Å². The third-order valence-corrected chi connectivity index (χ3v) is 2.27. The first-order valence-corrected chi connectivity index (χ1v) is 5.40. The van der Waals surface area contributed by atoms with E-state index in [2.05, 4.69) is 15.0 Å². The van der Waals surface area contributed by atoms with E-state index in [4.69, 9.17) is 9.47 Å². The quantitative estimate of drug-likeness (QED) is 0.741. The average Bonchev–Trinajstić information content (AvgIpc) is 2.41. The van der Waals surface area contributed by atoms with Crippen LogP contribution in [0.5, 0.6) is 0 Å². The Morgan fingerprint density at radius 2 is 1.33 bits per heavy atom. The Bertz CT molecular complexity index is 338. The highest BCUT2D eigenvalue weighted by atomic mass is 16.7. The van der Waals surface area contributed by atoms with Gasteiger partial charge in [-0.25, -0.2) is 15.0 Å². The Labute approximate surface area is 105 Å². The molecule has 1 fully saturated rings. The van der Waals surface area contributed by atoms with Gasteiger partial charge in [-0.1, -0.05) is 0 Å². The number of aromatic nitrogens is 3. The fourth-order valence-corrected chi connectivity index (χ4v) is 1.31. The van der Waals surface area contributed by atoms with Gasteiger partial charge in [-0.05, 0) is 13.8 Å². The summed E-state index contributed by atoms with van der Waals surface area (Å²) >= 11 is 0. The molecule has 0 N–H and O–H groups in total. The van der Waals surface area contributed by atoms with Crippen LogP contribution in [0.15, 0.2) is 19.0 Å². The summed E-state index contributed by atoms with van der Waals surface area (Å²) in [4.78, 5) is 32.4. The van der Waals surface area contributed by atoms with Gasteiger partial charge in [-0.2, -0.15) is 0 Å². The monoisotopic (exact) mass is 253 g/mol. The van der Waals surface area contributed by atoms with Crippen molar-refractivity contribution in [2.45, 2.75) is 32.5 Å². The van der Waals surface area contributed by atoms with Crippen molar-refractivity contribution in [2.24, 2.45) is 0 Å². The van der Waals surface area contributed by atoms with Crippen LogP contribution in [0.2, 0.25) is 0 Å². The van der Waals surface area contributed by atoms with E-state index in [1.807, 2.05) is 0 Å². The summed E-state index contributed by atoms with van der Waals surface area (Å²) < 4.78 is 9.99. The minimum atomic E-state index is -0.465. The third kappa shape index (κ3) is 5.07. The van der Waals surface area contributed by atoms with Gasteiger partial charge in [0.2, 0.25) is 0 Å². The molecule has 0 bridgehead atoms. The van der Waals surface area contributed by atoms with Gasteiger partial charge in [-0.15, -0.1) is 0 Å². The summed E-state index contributed by atoms with van der Waals surface area (Å²) in [5.41, 5.74) is 0. The first-order chi connectivity index (χ1) is 8.61. The van der Waals surface area contributed by atoms with Crippen LogP contribution < -0.4 is 0 Å². The van der Waals surface area contributed by atoms with Crippen molar-refractivity contribution in [1.82, 2.24) is 15.0 Å². The molecule has 0 radical (unpaired) electrons. The SMILES string of the molecule is CC(=O)C1CC(C(C)=O)OCO1.c1ncncn1. The van der Waals surface area contributed by atoms with Gasteiger partial charge < -0.3 is 9.47 Å². The predicted molar refractivity (Wildman–Crippen MR) is 60.4 cm³/mol. The molecular weight excluding hydrogens is 238 g/mol. The van der Waals surface area contributed by atoms with Crippen molar-refractivity contribution in [3.63, 3.8) is 0 Å². The van der Waals surface area contributed by atoms with Crippen LogP contribution in [0, 0.1) is 0 Å². The Balaban J connectivity index is 0.000000225. The first kappa shape index (κ1) is 14.3. The average molecular weight is 253 g/mol. The molecule has 2 atom stereocenters. The molecule has 2 heterocycles. The molecule has 2 unspecified atom stereocenters. The summed E-state index contributed by atoms with van der Waals surface area (Å²) in [6, 6.07) is 0. The number of rotatable bonds is 2. The maximum absolute atomic E-state index is 10.9. The number of hydrogen-bond acceptors (Lipinski definition) is 7. The zero-order chi connectivity index (χ0) is 13.4. The number of ketones is 2. The largest absolute Gasteiger partial charge is 0.344 e. The van der Waals surface area contributed by atoms with E-state index in [1.165, 1.54) is 32.8 Å². The smallest absolute Gasteiger partial charge is 0.158 e. The van der Waals surface area contributed by atoms with E-state index in [-0.39, 0.29) is 18.4 Å². The molecule has 1 aliphatic rings. The van der Waals surface area contributed by atoms with Gasteiger partial charge in [0, 0.05) is 6.42 Å². The van der Waals surface area contributed by atoms with Gasteiger partial charge in [0.1, 0.15) is 38.0 Å². The lowest BCUT2D eigenvalue weighted by Crippen LogP contribution is -2.38. The van der Waals surface area contributed by atoms with Gasteiger partial charge in [-0.3, -0.25) is 9.59 Å². The molecule has 0 aliphatic carbocycles. The molecule has 0 amide bonds. The number of Topliss-reactive ketones (excluding diaryl/α,β-unsaturated/α-hetero) is 2. The van der Waals surface area contributed by atoms with Gasteiger partial charge in [0.15, 0.2) is 11.6 Å². The fraction of sp³-hybridized carbons (Fsp3) is 0.545. The molecule has 0 spiro atoms. The lowest BCUT2D eigenvalue weighted by atomic mass is 10.1. The summed E-state index contributed by atoms with van der Waals surface area (Å²) in [6.45, 7) is 2.94. The minimum absolute atomic E-state index is 0.0362. The van der Waals surface area contributed by atoms with Crippen LogP contribution in [-0.2, 0) is 19.1 Å². The van der Waals surface area contributed by atoms with Crippen LogP contribution in [0.25, 0.3) is 0 Å². The van der Waals surface area contributed by atoms with Gasteiger partial charge >= 0.3 is 0 Å². The normalized spacial score (nSPS) is 22.6. The van der Waals surface area contributed by atoms with E-state index < -0.39 is 12.2 Å². The molecule has 1 saturated heterocycles. The maximum atomic E-state index is 10.9. The van der Waals surface area contributed by atoms with Crippen LogP contribution in [0.4, 0.5) is 0 Å². The van der Waals surface area contributed by atoms with E-state index >= 15 is 0 Å². The summed E-state index contributed by atoms with van der Waals surface area (Å²) in [7, 11) is 0. The molecule has 98 valence electrons. The van der Waals surface area contributed by atoms with Crippen molar-refractivity contribution in [3.05, 3.63) is 19.0 Å². The van der Waals surface area contributed by atoms with Crippen molar-refractivity contribution in [3.8, 4) is 0 Å². The van der Waals surface area contributed by atoms with E-state index in [0.29, 0.717) is 6.42 Å². The van der Waals surface area contributed by atoms with Crippen LogP contribution in [0.1, 0.15) is 20.3 Å². The molecule has 7 nitrogen and oxygen atoms in total. The molecule has 1 aliphatic heterocycles. The van der Waals surface area contributed by atoms with Crippen molar-refractivity contribution in [2.75, 3.05) is 6.79 Å². The van der Waals surface area contributed by atoms with E-state index in [1.54, 1.807) is 0 Å². The second-order valence-corrected chi connectivity index (χ2v) is 3.68. The Kier molecular flexibility index (Phi) is 6.03. The molecule has 0 saturated carbocycles. The number of carbonyl (C=O) groups is 2. The summed E-state index contributed by atoms with van der Waals surface area (Å²) in [6.07, 6.45) is 3.73. The van der Waals surface area contributed by atoms with E-state index in [0.717, 1.165) is 0 Å². The lowest BCUT2D eigenvalue weighted by Gasteiger charge is -2.26. The van der Waals surface area contributed by atoms with Crippen molar-refractivity contribution >= 4 is 11.6 Å². The number of nitrogens with zero attached hydrogens (tertiary/aromatic N) is 3. The second kappa shape index (κ2) is 7.57. The zero-order valence-electron chi connectivity index (χ0n) is 10.3. The van der Waals surface area contributed by atoms with Gasteiger partial charge in [0.05, 0.1) is 0 Å². The Morgan fingerprint density at radius 3 is 1.61 bits per heavy atom. The third-order valence-electron chi connectivity index (χ3n) is 2.27. The summed E-state index contributed by atoms with van der Waals surface area (Å²) in [5.74, 6) is -0.103. The molecule has 18 heavy (non-hydrogen) atoms. The number of ether oxygens (including phenoxy) is 2. The molecule has 2 rings (SSSR count). The highest BCUT2D eigenvalue weighted by molar-refractivity contribution is 5.84. The molecule has 7 heteroatoms. The molecule has 1 aromatic heterocycles. The zero-order valence-corrected chi connectivity index (χ0v) is 10.3. The highest BCUT2D eigenvalue weighted by Crippen LogP contribution is 2.14. The van der Waals surface area contributed by atoms with Crippen LogP contribution in [-0.4, -0.2) is 45.5 Å². The highest BCUT2D eigenvalue weighted by Gasteiger charge is 2.28. The minimum Gasteiger partial charge on any atom is -0.344 e. The van der Waals surface area contributed by atoms with E-state index in [9.17, 15) is 9.59 Å². The Morgan fingerprint density at radius 1 is 0.944 bits per heavy atom. The van der Waals surface area contributed by atoms with Crippen LogP contribution >= 0.6 is 0 Å². The topological polar surface area (TPSA) is 91.3 Å². The molecule has 0 aromatic carbocycles. The van der Waals surface area contributed by atoms with Crippen LogP contribution in [0.3, 0.4) is 0 Å². The number of carbonyl (C=O) groups excluding carboxylic acids is 2. The summed E-state index contributed by atoms with van der Waals surface area (Å²) in [5, 5.41) is 0. The lowest BCUT2D eigenvalue weighted by molar-refractivity contribution is -0.184. The van der Waals surface area contributed by atoms with Crippen molar-refractivity contribution in [1.29, 1.82) is 0 Å². The Hall–Kier alpha value is -1.73. The maximum Gasteiger partial charge on any atom is 0.158 e. The predicted octanol–water partition coefficient (Wildman–Crippen LogP) is 0.168. The van der Waals surface area contributed by atoms with Crippen molar-refractivity contribution < 1.29 is 19.1 Å². The second-order valence-electron chi connectivity index (χ2n) is 3.68. The standard InChI is InChI=1S/C8H12O4.C3H3N3/c1-5(9)7-3-8(6(2)10)12-4-11-7;1-4-2-6-3-5-1/h7-8H,3-4H2,1-2H3;1-3H. The number of hydrogen-bond donors (Lipinski definition) is 0. The fourth-order valence-electron chi connectivity index (χ4n) is 1.31.